The van der Waals surface area contributed by atoms with E-state index in [1.807, 2.05) is 11.8 Å². The van der Waals surface area contributed by atoms with E-state index in [1.54, 1.807) is 12.2 Å². The van der Waals surface area contributed by atoms with Gasteiger partial charge in [0, 0.05) is 36.7 Å². The van der Waals surface area contributed by atoms with Crippen molar-refractivity contribution in [1.29, 1.82) is 5.26 Å². The number of piperazine rings is 1. The molecule has 1 aromatic carbocycles. The third-order valence-corrected chi connectivity index (χ3v) is 9.88. The highest BCUT2D eigenvalue weighted by atomic mass is 16.5. The molecule has 1 unspecified atom stereocenters. The van der Waals surface area contributed by atoms with Crippen molar-refractivity contribution in [2.45, 2.75) is 82.2 Å². The molecule has 2 fully saturated rings. The minimum atomic E-state index is -0.181. The average Bonchev–Trinajstić information content (AvgIpc) is 3.40. The first-order valence-electron chi connectivity index (χ1n) is 15.4. The van der Waals surface area contributed by atoms with Gasteiger partial charge in [0.1, 0.15) is 12.4 Å². The zero-order valence-electron chi connectivity index (χ0n) is 24.5. The number of likely N-dealkylation sites (N-methyl/N-ethyl adjacent to an activating group) is 1. The van der Waals surface area contributed by atoms with E-state index < -0.39 is 0 Å². The molecule has 2 aromatic rings. The molecule has 41 heavy (non-hydrogen) atoms. The number of carbonyl (C=O) groups excluding carboxylic acids is 1. The van der Waals surface area contributed by atoms with Gasteiger partial charge in [-0.2, -0.15) is 15.2 Å². The van der Waals surface area contributed by atoms with Crippen molar-refractivity contribution in [2.75, 3.05) is 44.7 Å². The number of amides is 1. The van der Waals surface area contributed by atoms with Gasteiger partial charge < -0.3 is 19.4 Å². The lowest BCUT2D eigenvalue weighted by molar-refractivity contribution is -0.128. The molecule has 8 nitrogen and oxygen atoms in total. The summed E-state index contributed by atoms with van der Waals surface area (Å²) >= 11 is 0. The molecule has 0 radical (unpaired) electrons. The number of anilines is 1. The Balaban J connectivity index is 1.33. The van der Waals surface area contributed by atoms with E-state index in [-0.39, 0.29) is 17.4 Å². The SMILES string of the molecule is C/C=C/C(=O)N1CCN(c2nc(OC[C@@H]3CCCN3C)nc3c2CCC2(CCCc4ccccc42)C3)C[C@@H]1CC#N. The summed E-state index contributed by atoms with van der Waals surface area (Å²) < 4.78 is 6.35. The van der Waals surface area contributed by atoms with Crippen LogP contribution >= 0.6 is 0 Å². The second kappa shape index (κ2) is 11.8. The molecule has 4 aliphatic rings. The quantitative estimate of drug-likeness (QED) is 0.495. The number of carbonyl (C=O) groups is 1. The minimum absolute atomic E-state index is 0.0280. The van der Waals surface area contributed by atoms with E-state index in [0.29, 0.717) is 44.7 Å². The van der Waals surface area contributed by atoms with Crippen molar-refractivity contribution in [1.82, 2.24) is 19.8 Å². The van der Waals surface area contributed by atoms with E-state index in [4.69, 9.17) is 14.7 Å². The molecule has 0 saturated carbocycles. The molecule has 216 valence electrons. The Kier molecular flexibility index (Phi) is 7.99. The molecule has 1 aromatic heterocycles. The summed E-state index contributed by atoms with van der Waals surface area (Å²) in [6, 6.07) is 12.0. The van der Waals surface area contributed by atoms with Crippen LogP contribution < -0.4 is 9.64 Å². The van der Waals surface area contributed by atoms with Crippen LogP contribution in [0.5, 0.6) is 6.01 Å². The van der Waals surface area contributed by atoms with Crippen LogP contribution in [0, 0.1) is 11.3 Å². The summed E-state index contributed by atoms with van der Waals surface area (Å²) in [5.41, 5.74) is 5.41. The first-order chi connectivity index (χ1) is 20.0. The predicted octanol–water partition coefficient (Wildman–Crippen LogP) is 4.22. The number of nitrogens with zero attached hydrogens (tertiary/aromatic N) is 6. The van der Waals surface area contributed by atoms with Gasteiger partial charge in [0.25, 0.3) is 0 Å². The van der Waals surface area contributed by atoms with Crippen molar-refractivity contribution < 1.29 is 9.53 Å². The number of rotatable bonds is 6. The number of likely N-dealkylation sites (tertiary alicyclic amines) is 1. The van der Waals surface area contributed by atoms with Gasteiger partial charge in [-0.25, -0.2) is 0 Å². The van der Waals surface area contributed by atoms with Crippen LogP contribution in [0.25, 0.3) is 0 Å². The molecular weight excluding hydrogens is 512 g/mol. The maximum Gasteiger partial charge on any atom is 0.318 e. The van der Waals surface area contributed by atoms with Crippen LogP contribution in [-0.2, 0) is 29.5 Å². The topological polar surface area (TPSA) is 85.6 Å². The van der Waals surface area contributed by atoms with Crippen LogP contribution in [0.15, 0.2) is 36.4 Å². The first kappa shape index (κ1) is 27.7. The van der Waals surface area contributed by atoms with Gasteiger partial charge >= 0.3 is 6.01 Å². The van der Waals surface area contributed by atoms with Crippen LogP contribution in [0.3, 0.4) is 0 Å². The molecule has 2 aliphatic carbocycles. The molecular formula is C33H42N6O2. The predicted molar refractivity (Wildman–Crippen MR) is 159 cm³/mol. The number of aromatic nitrogens is 2. The first-order valence-corrected chi connectivity index (χ1v) is 15.4. The number of nitriles is 1. The summed E-state index contributed by atoms with van der Waals surface area (Å²) in [6.45, 7) is 5.36. The second-order valence-corrected chi connectivity index (χ2v) is 12.3. The number of hydrogen-bond donors (Lipinski definition) is 0. The van der Waals surface area contributed by atoms with Crippen LogP contribution in [0.2, 0.25) is 0 Å². The van der Waals surface area contributed by atoms with Crippen molar-refractivity contribution in [3.8, 4) is 12.1 Å². The number of aryl methyl sites for hydroxylation is 1. The Morgan fingerprint density at radius 2 is 2.02 bits per heavy atom. The summed E-state index contributed by atoms with van der Waals surface area (Å²) in [6.07, 6.45) is 12.4. The minimum Gasteiger partial charge on any atom is -0.462 e. The standard InChI is InChI=1S/C33H42N6O2/c1-3-8-30(40)39-20-19-38(22-25(39)14-17-34)31-27-13-16-33(15-6-10-24-9-4-5-12-28(24)33)21-29(27)35-32(36-31)41-23-26-11-7-18-37(26)2/h3-5,8-9,12,25-26H,6-7,10-11,13-16,18-23H2,1-2H3/b8-3+/t25-,26-,33?/m0/s1. The van der Waals surface area contributed by atoms with Gasteiger partial charge in [-0.1, -0.05) is 30.3 Å². The van der Waals surface area contributed by atoms with E-state index >= 15 is 0 Å². The number of hydrogen-bond acceptors (Lipinski definition) is 7. The number of benzene rings is 1. The largest absolute Gasteiger partial charge is 0.462 e. The van der Waals surface area contributed by atoms with Crippen LogP contribution in [-0.4, -0.2) is 77.6 Å². The van der Waals surface area contributed by atoms with E-state index in [0.717, 1.165) is 50.2 Å². The van der Waals surface area contributed by atoms with Crippen molar-refractivity contribution in [3.05, 3.63) is 58.8 Å². The summed E-state index contributed by atoms with van der Waals surface area (Å²) in [4.78, 5) is 29.4. The number of ether oxygens (including phenoxy) is 1. The monoisotopic (exact) mass is 554 g/mol. The molecule has 8 heteroatoms. The molecule has 0 N–H and O–H groups in total. The van der Waals surface area contributed by atoms with E-state index in [2.05, 4.69) is 47.2 Å². The molecule has 2 aliphatic heterocycles. The third-order valence-electron chi connectivity index (χ3n) is 9.88. The summed E-state index contributed by atoms with van der Waals surface area (Å²) in [7, 11) is 2.16. The highest BCUT2D eigenvalue weighted by Gasteiger charge is 2.42. The average molecular weight is 555 g/mol. The highest BCUT2D eigenvalue weighted by molar-refractivity contribution is 5.88. The van der Waals surface area contributed by atoms with Gasteiger partial charge in [-0.15, -0.1) is 0 Å². The van der Waals surface area contributed by atoms with Crippen molar-refractivity contribution in [2.24, 2.45) is 0 Å². The Morgan fingerprint density at radius 1 is 1.15 bits per heavy atom. The van der Waals surface area contributed by atoms with Gasteiger partial charge in [0.05, 0.1) is 24.2 Å². The molecule has 3 atom stereocenters. The molecule has 1 amide bonds. The van der Waals surface area contributed by atoms with Gasteiger partial charge in [-0.3, -0.25) is 4.79 Å². The second-order valence-electron chi connectivity index (χ2n) is 12.3. The lowest BCUT2D eigenvalue weighted by Gasteiger charge is -2.44. The van der Waals surface area contributed by atoms with Crippen LogP contribution in [0.4, 0.5) is 5.82 Å². The summed E-state index contributed by atoms with van der Waals surface area (Å²) in [5.74, 6) is 0.907. The van der Waals surface area contributed by atoms with E-state index in [9.17, 15) is 10.1 Å². The van der Waals surface area contributed by atoms with Gasteiger partial charge in [0.2, 0.25) is 5.91 Å². The van der Waals surface area contributed by atoms with Crippen molar-refractivity contribution >= 4 is 11.7 Å². The highest BCUT2D eigenvalue weighted by Crippen LogP contribution is 2.47. The Labute approximate surface area is 244 Å². The smallest absolute Gasteiger partial charge is 0.318 e. The zero-order valence-corrected chi connectivity index (χ0v) is 24.5. The maximum atomic E-state index is 12.8. The molecule has 1 spiro atoms. The maximum absolute atomic E-state index is 12.8. The normalized spacial score (nSPS) is 26.2. The third kappa shape index (κ3) is 5.44. The Bertz CT molecular complexity index is 1350. The number of fused-ring (bicyclic) bond motifs is 3. The fraction of sp³-hybridized carbons (Fsp3) is 0.576. The zero-order chi connectivity index (χ0) is 28.4. The van der Waals surface area contributed by atoms with E-state index in [1.165, 1.54) is 36.0 Å². The Morgan fingerprint density at radius 3 is 2.83 bits per heavy atom. The Hall–Kier alpha value is -3.44. The lowest BCUT2D eigenvalue weighted by atomic mass is 9.62. The van der Waals surface area contributed by atoms with Gasteiger partial charge in [0.15, 0.2) is 0 Å². The number of allylic oxidation sites excluding steroid dienone is 1. The fourth-order valence-electron chi connectivity index (χ4n) is 7.66. The summed E-state index contributed by atoms with van der Waals surface area (Å²) in [5, 5.41) is 9.58. The fourth-order valence-corrected chi connectivity index (χ4v) is 7.66. The van der Waals surface area contributed by atoms with Crippen molar-refractivity contribution in [3.63, 3.8) is 0 Å². The lowest BCUT2D eigenvalue weighted by Crippen LogP contribution is -2.55. The molecule has 2 saturated heterocycles. The van der Waals surface area contributed by atoms with Gasteiger partial charge in [-0.05, 0) is 89.1 Å². The molecule has 6 rings (SSSR count). The van der Waals surface area contributed by atoms with Crippen LogP contribution in [0.1, 0.15) is 67.8 Å². The molecule has 0 bridgehead atoms. The molecule has 3 heterocycles.